The van der Waals surface area contributed by atoms with Gasteiger partial charge in [0.2, 0.25) is 5.91 Å². The van der Waals surface area contributed by atoms with Gasteiger partial charge in [0.05, 0.1) is 0 Å². The van der Waals surface area contributed by atoms with Crippen LogP contribution in [-0.4, -0.2) is 34.1 Å². The molecule has 1 aliphatic heterocycles. The van der Waals surface area contributed by atoms with Gasteiger partial charge >= 0.3 is 0 Å². The van der Waals surface area contributed by atoms with E-state index >= 15 is 0 Å². The Morgan fingerprint density at radius 3 is 3.07 bits per heavy atom. The molecule has 15 heavy (non-hydrogen) atoms. The first-order valence-corrected chi connectivity index (χ1v) is 5.62. The Labute approximate surface area is 94.9 Å². The van der Waals surface area contributed by atoms with Crippen molar-refractivity contribution in [3.63, 3.8) is 0 Å². The lowest BCUT2D eigenvalue weighted by Gasteiger charge is -2.15. The van der Waals surface area contributed by atoms with Gasteiger partial charge in [0.1, 0.15) is 0 Å². The first-order valence-electron chi connectivity index (χ1n) is 5.10. The Morgan fingerprint density at radius 1 is 1.60 bits per heavy atom. The summed E-state index contributed by atoms with van der Waals surface area (Å²) >= 11 is 4.32. The monoisotopic (exact) mass is 222 g/mol. The summed E-state index contributed by atoms with van der Waals surface area (Å²) in [5.41, 5.74) is 1.17. The van der Waals surface area contributed by atoms with Crippen molar-refractivity contribution in [2.75, 3.05) is 13.1 Å². The maximum Gasteiger partial charge on any atom is 0.223 e. The van der Waals surface area contributed by atoms with E-state index in [1.54, 1.807) is 6.20 Å². The number of rotatable bonds is 3. The van der Waals surface area contributed by atoms with Crippen LogP contribution in [0.5, 0.6) is 0 Å². The average Bonchev–Trinajstić information content (AvgIpc) is 2.56. The highest BCUT2D eigenvalue weighted by Crippen LogP contribution is 2.16. The normalized spacial score (nSPS) is 21.0. The van der Waals surface area contributed by atoms with E-state index in [-0.39, 0.29) is 11.2 Å². The van der Waals surface area contributed by atoms with E-state index in [1.807, 2.05) is 23.2 Å². The number of thiol groups is 1. The molecule has 1 amide bonds. The molecule has 4 heteroatoms. The smallest absolute Gasteiger partial charge is 0.223 e. The summed E-state index contributed by atoms with van der Waals surface area (Å²) in [6.07, 6.45) is 5.06. The number of hydrogen-bond acceptors (Lipinski definition) is 3. The minimum atomic E-state index is 0.214. The summed E-state index contributed by atoms with van der Waals surface area (Å²) in [5, 5.41) is 0.214. The number of carbonyl (C=O) groups is 1. The van der Waals surface area contributed by atoms with Gasteiger partial charge in [-0.25, -0.2) is 0 Å². The molecule has 1 aromatic heterocycles. The van der Waals surface area contributed by atoms with Crippen molar-refractivity contribution in [2.24, 2.45) is 0 Å². The summed E-state index contributed by atoms with van der Waals surface area (Å²) in [5.74, 6) is 0.221. The Kier molecular flexibility index (Phi) is 3.26. The molecule has 1 aliphatic rings. The molecule has 1 fully saturated rings. The van der Waals surface area contributed by atoms with E-state index in [2.05, 4.69) is 17.6 Å². The molecule has 0 aromatic carbocycles. The summed E-state index contributed by atoms with van der Waals surface area (Å²) in [7, 11) is 0. The van der Waals surface area contributed by atoms with Crippen molar-refractivity contribution in [1.82, 2.24) is 9.88 Å². The highest BCUT2D eigenvalue weighted by atomic mass is 32.1. The van der Waals surface area contributed by atoms with Crippen LogP contribution in [0.2, 0.25) is 0 Å². The van der Waals surface area contributed by atoms with E-state index < -0.39 is 0 Å². The fourth-order valence-electron chi connectivity index (χ4n) is 1.78. The number of hydrogen-bond donors (Lipinski definition) is 1. The van der Waals surface area contributed by atoms with E-state index in [0.29, 0.717) is 6.42 Å². The van der Waals surface area contributed by atoms with Gasteiger partial charge in [-0.05, 0) is 18.1 Å². The number of carbonyl (C=O) groups excluding carboxylic acids is 1. The lowest BCUT2D eigenvalue weighted by molar-refractivity contribution is -0.127. The van der Waals surface area contributed by atoms with Gasteiger partial charge in [0.15, 0.2) is 0 Å². The number of pyridine rings is 1. The van der Waals surface area contributed by atoms with Crippen LogP contribution in [0.4, 0.5) is 0 Å². The second-order valence-electron chi connectivity index (χ2n) is 3.81. The molecule has 1 saturated heterocycles. The first-order chi connectivity index (χ1) is 7.25. The van der Waals surface area contributed by atoms with Gasteiger partial charge < -0.3 is 4.90 Å². The van der Waals surface area contributed by atoms with Gasteiger partial charge in [-0.3, -0.25) is 9.78 Å². The average molecular weight is 222 g/mol. The molecule has 1 aromatic rings. The van der Waals surface area contributed by atoms with Gasteiger partial charge in [-0.2, -0.15) is 12.6 Å². The van der Waals surface area contributed by atoms with E-state index in [1.165, 1.54) is 5.56 Å². The second-order valence-corrected chi connectivity index (χ2v) is 4.54. The molecule has 0 bridgehead atoms. The molecule has 0 spiro atoms. The SMILES string of the molecule is O=C1CC(S)CN1CCc1cccnc1. The Bertz CT molecular complexity index is 342. The molecule has 80 valence electrons. The van der Waals surface area contributed by atoms with Crippen molar-refractivity contribution in [3.8, 4) is 0 Å². The molecule has 3 nitrogen and oxygen atoms in total. The molecular formula is C11H14N2OS. The van der Waals surface area contributed by atoms with Crippen LogP contribution in [0.15, 0.2) is 24.5 Å². The third kappa shape index (κ3) is 2.72. The summed E-state index contributed by atoms with van der Waals surface area (Å²) in [6, 6.07) is 3.95. The minimum absolute atomic E-state index is 0.214. The number of likely N-dealkylation sites (tertiary alicyclic amines) is 1. The number of amides is 1. The quantitative estimate of drug-likeness (QED) is 0.778. The molecule has 1 atom stereocenters. The fourth-order valence-corrected chi connectivity index (χ4v) is 2.13. The standard InChI is InChI=1S/C11H14N2OS/c14-11-6-10(15)8-13(11)5-3-9-2-1-4-12-7-9/h1-2,4,7,10,15H,3,5-6,8H2. The van der Waals surface area contributed by atoms with Gasteiger partial charge in [0, 0.05) is 37.2 Å². The molecule has 0 N–H and O–H groups in total. The first kappa shape index (κ1) is 10.5. The number of aromatic nitrogens is 1. The topological polar surface area (TPSA) is 33.2 Å². The predicted molar refractivity (Wildman–Crippen MR) is 61.9 cm³/mol. The highest BCUT2D eigenvalue weighted by Gasteiger charge is 2.26. The maximum absolute atomic E-state index is 11.5. The van der Waals surface area contributed by atoms with Crippen molar-refractivity contribution < 1.29 is 4.79 Å². The van der Waals surface area contributed by atoms with Crippen LogP contribution >= 0.6 is 12.6 Å². The van der Waals surface area contributed by atoms with Crippen LogP contribution in [-0.2, 0) is 11.2 Å². The third-order valence-corrected chi connectivity index (χ3v) is 2.93. The third-order valence-electron chi connectivity index (χ3n) is 2.59. The summed E-state index contributed by atoms with van der Waals surface area (Å²) in [6.45, 7) is 1.56. The van der Waals surface area contributed by atoms with E-state index in [9.17, 15) is 4.79 Å². The summed E-state index contributed by atoms with van der Waals surface area (Å²) in [4.78, 5) is 17.4. The zero-order valence-corrected chi connectivity index (χ0v) is 9.36. The molecule has 1 unspecified atom stereocenters. The van der Waals surface area contributed by atoms with Crippen LogP contribution in [0, 0.1) is 0 Å². The Hall–Kier alpha value is -1.03. The van der Waals surface area contributed by atoms with E-state index in [4.69, 9.17) is 0 Å². The number of nitrogens with zero attached hydrogens (tertiary/aromatic N) is 2. The van der Waals surface area contributed by atoms with E-state index in [0.717, 1.165) is 19.5 Å². The van der Waals surface area contributed by atoms with Crippen molar-refractivity contribution in [1.29, 1.82) is 0 Å². The van der Waals surface area contributed by atoms with Crippen LogP contribution in [0.1, 0.15) is 12.0 Å². The van der Waals surface area contributed by atoms with Crippen LogP contribution < -0.4 is 0 Å². The molecule has 0 saturated carbocycles. The minimum Gasteiger partial charge on any atom is -0.341 e. The van der Waals surface area contributed by atoms with Crippen molar-refractivity contribution in [3.05, 3.63) is 30.1 Å². The Morgan fingerprint density at radius 2 is 2.47 bits per heavy atom. The maximum atomic E-state index is 11.5. The zero-order valence-electron chi connectivity index (χ0n) is 8.47. The van der Waals surface area contributed by atoms with Gasteiger partial charge in [-0.15, -0.1) is 0 Å². The van der Waals surface area contributed by atoms with Crippen LogP contribution in [0.25, 0.3) is 0 Å². The molecule has 2 rings (SSSR count). The van der Waals surface area contributed by atoms with Crippen molar-refractivity contribution in [2.45, 2.75) is 18.1 Å². The molecule has 0 radical (unpaired) electrons. The predicted octanol–water partition coefficient (Wildman–Crippen LogP) is 1.15. The second kappa shape index (κ2) is 4.66. The lowest BCUT2D eigenvalue weighted by atomic mass is 10.2. The zero-order chi connectivity index (χ0) is 10.7. The highest BCUT2D eigenvalue weighted by molar-refractivity contribution is 7.81. The van der Waals surface area contributed by atoms with Gasteiger partial charge in [0.25, 0.3) is 0 Å². The molecule has 0 aliphatic carbocycles. The molecular weight excluding hydrogens is 208 g/mol. The van der Waals surface area contributed by atoms with Crippen LogP contribution in [0.3, 0.4) is 0 Å². The fraction of sp³-hybridized carbons (Fsp3) is 0.455. The Balaban J connectivity index is 1.86. The molecule has 2 heterocycles. The summed E-state index contributed by atoms with van der Waals surface area (Å²) < 4.78 is 0. The van der Waals surface area contributed by atoms with Crippen molar-refractivity contribution >= 4 is 18.5 Å². The van der Waals surface area contributed by atoms with Gasteiger partial charge in [-0.1, -0.05) is 6.07 Å². The lowest BCUT2D eigenvalue weighted by Crippen LogP contribution is -2.27. The largest absolute Gasteiger partial charge is 0.341 e.